The molecule has 0 aromatic rings. The Morgan fingerprint density at radius 2 is 2.25 bits per heavy atom. The van der Waals surface area contributed by atoms with Crippen molar-refractivity contribution in [3.05, 3.63) is 0 Å². The molecule has 0 bridgehead atoms. The highest BCUT2D eigenvalue weighted by Crippen LogP contribution is 2.32. The molecule has 0 saturated carbocycles. The molecule has 2 rings (SSSR count). The third-order valence-electron chi connectivity index (χ3n) is 3.54. The lowest BCUT2D eigenvalue weighted by Crippen LogP contribution is -2.39. The smallest absolute Gasteiger partial charge is 0.316 e. The maximum absolute atomic E-state index is 11.4. The number of fused-ring (bicyclic) bond motifs is 1. The van der Waals surface area contributed by atoms with Crippen molar-refractivity contribution in [2.45, 2.75) is 6.10 Å². The minimum atomic E-state index is -0.0187. The van der Waals surface area contributed by atoms with Gasteiger partial charge < -0.3 is 19.9 Å². The summed E-state index contributed by atoms with van der Waals surface area (Å²) in [6, 6.07) is -0.0187. The van der Waals surface area contributed by atoms with Crippen LogP contribution in [0.4, 0.5) is 4.79 Å². The average molecular weight is 227 g/mol. The molecule has 2 aliphatic heterocycles. The predicted octanol–water partition coefficient (Wildman–Crippen LogP) is -0.166. The third kappa shape index (κ3) is 2.30. The Balaban J connectivity index is 1.81. The SMILES string of the molecule is CN1C[C@@H]2[C@@H](CNC(=O)N(C)C)CO[C@@H]2C1. The van der Waals surface area contributed by atoms with Gasteiger partial charge in [-0.05, 0) is 7.05 Å². The number of rotatable bonds is 2. The number of urea groups is 1. The van der Waals surface area contributed by atoms with E-state index in [9.17, 15) is 4.79 Å². The van der Waals surface area contributed by atoms with Crippen LogP contribution in [-0.2, 0) is 4.74 Å². The largest absolute Gasteiger partial charge is 0.376 e. The first-order valence-corrected chi connectivity index (χ1v) is 5.83. The maximum Gasteiger partial charge on any atom is 0.316 e. The number of likely N-dealkylation sites (tertiary alicyclic amines) is 1. The van der Waals surface area contributed by atoms with Gasteiger partial charge in [0.2, 0.25) is 0 Å². The molecule has 2 aliphatic rings. The Bertz CT molecular complexity index is 270. The minimum absolute atomic E-state index is 0.0187. The van der Waals surface area contributed by atoms with Crippen LogP contribution in [0.15, 0.2) is 0 Å². The van der Waals surface area contributed by atoms with Crippen LogP contribution in [-0.4, -0.2) is 69.3 Å². The second kappa shape index (κ2) is 4.59. The van der Waals surface area contributed by atoms with Gasteiger partial charge in [-0.25, -0.2) is 4.79 Å². The summed E-state index contributed by atoms with van der Waals surface area (Å²) in [5, 5.41) is 2.94. The Hall–Kier alpha value is -0.810. The highest BCUT2D eigenvalue weighted by Gasteiger charge is 2.42. The monoisotopic (exact) mass is 227 g/mol. The zero-order chi connectivity index (χ0) is 11.7. The zero-order valence-corrected chi connectivity index (χ0v) is 10.3. The van der Waals surface area contributed by atoms with E-state index in [-0.39, 0.29) is 6.03 Å². The maximum atomic E-state index is 11.4. The number of ether oxygens (including phenoxy) is 1. The third-order valence-corrected chi connectivity index (χ3v) is 3.54. The van der Waals surface area contributed by atoms with Gasteiger partial charge in [0.15, 0.2) is 0 Å². The van der Waals surface area contributed by atoms with Crippen LogP contribution in [0.2, 0.25) is 0 Å². The number of nitrogens with zero attached hydrogens (tertiary/aromatic N) is 2. The Kier molecular flexibility index (Phi) is 3.35. The lowest BCUT2D eigenvalue weighted by molar-refractivity contribution is 0.0986. The van der Waals surface area contributed by atoms with E-state index in [1.807, 2.05) is 0 Å². The van der Waals surface area contributed by atoms with Crippen molar-refractivity contribution >= 4 is 6.03 Å². The molecule has 0 aromatic heterocycles. The standard InChI is InChI=1S/C11H21N3O2/c1-13(2)11(15)12-4-8-7-16-10-6-14(3)5-9(8)10/h8-10H,4-7H2,1-3H3,(H,12,15)/t8-,9+,10+/m0/s1. The van der Waals surface area contributed by atoms with Gasteiger partial charge in [0.05, 0.1) is 12.7 Å². The van der Waals surface area contributed by atoms with E-state index in [1.54, 1.807) is 19.0 Å². The molecule has 0 spiro atoms. The van der Waals surface area contributed by atoms with Crippen molar-refractivity contribution in [1.29, 1.82) is 0 Å². The summed E-state index contributed by atoms with van der Waals surface area (Å²) in [7, 11) is 5.64. The first kappa shape index (κ1) is 11.7. The van der Waals surface area contributed by atoms with Crippen molar-refractivity contribution in [2.24, 2.45) is 11.8 Å². The quantitative estimate of drug-likeness (QED) is 0.712. The summed E-state index contributed by atoms with van der Waals surface area (Å²) in [6.07, 6.45) is 0.381. The number of hydrogen-bond donors (Lipinski definition) is 1. The lowest BCUT2D eigenvalue weighted by atomic mass is 9.93. The Morgan fingerprint density at radius 1 is 1.50 bits per heavy atom. The summed E-state index contributed by atoms with van der Waals surface area (Å²) in [6.45, 7) is 3.64. The van der Waals surface area contributed by atoms with E-state index in [2.05, 4.69) is 17.3 Å². The molecule has 0 aromatic carbocycles. The van der Waals surface area contributed by atoms with Crippen molar-refractivity contribution in [3.63, 3.8) is 0 Å². The van der Waals surface area contributed by atoms with Gasteiger partial charge in [-0.3, -0.25) is 0 Å². The highest BCUT2D eigenvalue weighted by atomic mass is 16.5. The molecule has 0 aliphatic carbocycles. The lowest BCUT2D eigenvalue weighted by Gasteiger charge is -2.19. The van der Waals surface area contributed by atoms with E-state index in [4.69, 9.17) is 4.74 Å². The number of nitrogens with one attached hydrogen (secondary N) is 1. The van der Waals surface area contributed by atoms with Crippen LogP contribution in [0, 0.1) is 11.8 Å². The molecular weight excluding hydrogens is 206 g/mol. The van der Waals surface area contributed by atoms with E-state index < -0.39 is 0 Å². The fraction of sp³-hybridized carbons (Fsp3) is 0.909. The number of amides is 2. The van der Waals surface area contributed by atoms with Crippen LogP contribution >= 0.6 is 0 Å². The molecule has 92 valence electrons. The Morgan fingerprint density at radius 3 is 2.94 bits per heavy atom. The van der Waals surface area contributed by atoms with Crippen LogP contribution in [0.1, 0.15) is 0 Å². The molecule has 2 heterocycles. The van der Waals surface area contributed by atoms with Gasteiger partial charge in [0.1, 0.15) is 0 Å². The van der Waals surface area contributed by atoms with Crippen LogP contribution in [0.25, 0.3) is 0 Å². The fourth-order valence-corrected chi connectivity index (χ4v) is 2.58. The van der Waals surface area contributed by atoms with Crippen molar-refractivity contribution < 1.29 is 9.53 Å². The normalized spacial score (nSPS) is 33.8. The van der Waals surface area contributed by atoms with Gasteiger partial charge in [0.25, 0.3) is 0 Å². The molecule has 0 unspecified atom stereocenters. The van der Waals surface area contributed by atoms with Gasteiger partial charge in [-0.15, -0.1) is 0 Å². The summed E-state index contributed by atoms with van der Waals surface area (Å²) in [5.41, 5.74) is 0. The fourth-order valence-electron chi connectivity index (χ4n) is 2.58. The molecule has 0 radical (unpaired) electrons. The number of carbonyl (C=O) groups excluding carboxylic acids is 1. The molecule has 1 N–H and O–H groups in total. The van der Waals surface area contributed by atoms with Crippen molar-refractivity contribution in [1.82, 2.24) is 15.1 Å². The van der Waals surface area contributed by atoms with Crippen LogP contribution in [0.5, 0.6) is 0 Å². The second-order valence-corrected chi connectivity index (χ2v) is 5.10. The molecule has 5 heteroatoms. The van der Waals surface area contributed by atoms with E-state index in [1.165, 1.54) is 0 Å². The molecule has 5 nitrogen and oxygen atoms in total. The van der Waals surface area contributed by atoms with Gasteiger partial charge >= 0.3 is 6.03 Å². The number of likely N-dealkylation sites (N-methyl/N-ethyl adjacent to an activating group) is 1. The van der Waals surface area contributed by atoms with Crippen LogP contribution < -0.4 is 5.32 Å². The van der Waals surface area contributed by atoms with E-state index in [0.717, 1.165) is 26.2 Å². The molecular formula is C11H21N3O2. The summed E-state index contributed by atoms with van der Waals surface area (Å²) >= 11 is 0. The number of carbonyl (C=O) groups is 1. The summed E-state index contributed by atoms with van der Waals surface area (Å²) < 4.78 is 5.75. The van der Waals surface area contributed by atoms with Crippen LogP contribution in [0.3, 0.4) is 0 Å². The van der Waals surface area contributed by atoms with Crippen molar-refractivity contribution in [3.8, 4) is 0 Å². The minimum Gasteiger partial charge on any atom is -0.376 e. The molecule has 2 amide bonds. The first-order valence-electron chi connectivity index (χ1n) is 5.83. The topological polar surface area (TPSA) is 44.8 Å². The second-order valence-electron chi connectivity index (χ2n) is 5.10. The summed E-state index contributed by atoms with van der Waals surface area (Å²) in [5.74, 6) is 1.06. The molecule has 16 heavy (non-hydrogen) atoms. The molecule has 2 saturated heterocycles. The van der Waals surface area contributed by atoms with Gasteiger partial charge in [-0.1, -0.05) is 0 Å². The highest BCUT2D eigenvalue weighted by molar-refractivity contribution is 5.73. The first-order chi connectivity index (χ1) is 7.58. The average Bonchev–Trinajstić information content (AvgIpc) is 2.73. The molecule has 3 atom stereocenters. The van der Waals surface area contributed by atoms with Gasteiger partial charge in [-0.2, -0.15) is 0 Å². The Labute approximate surface area is 96.7 Å². The van der Waals surface area contributed by atoms with Gasteiger partial charge in [0, 0.05) is 45.6 Å². The molecule has 2 fully saturated rings. The predicted molar refractivity (Wildman–Crippen MR) is 61.3 cm³/mol. The summed E-state index contributed by atoms with van der Waals surface area (Å²) in [4.78, 5) is 15.3. The zero-order valence-electron chi connectivity index (χ0n) is 10.3. The van der Waals surface area contributed by atoms with Crippen molar-refractivity contribution in [2.75, 3.05) is 47.4 Å². The van der Waals surface area contributed by atoms with E-state index >= 15 is 0 Å². The number of hydrogen-bond acceptors (Lipinski definition) is 3. The van der Waals surface area contributed by atoms with E-state index in [0.29, 0.717) is 17.9 Å².